The standard InChI is InChI=1S/C35H40ClFN6O/c1-4-24-25-7-5-6-8-30(25)42-35(24)43(23-11-9-22(10-12-23)40-19-28(38)20(2)3)32-15-16-39-31-14-13-29(41-33(31)32)21-17-26(36)34(44)27(37)18-21/h5-8,13-18,20,22-23,28,40,42,44H,4,9-12,19,38H2,1-3H3. The molecule has 0 spiro atoms. The number of hydrogen-bond acceptors (Lipinski definition) is 6. The normalized spacial score (nSPS) is 17.9. The fraction of sp³-hybridized carbons (Fsp3) is 0.371. The van der Waals surface area contributed by atoms with Gasteiger partial charge in [0, 0.05) is 52.9 Å². The zero-order chi connectivity index (χ0) is 31.0. The predicted octanol–water partition coefficient (Wildman–Crippen LogP) is 7.86. The number of rotatable bonds is 9. The van der Waals surface area contributed by atoms with Crippen molar-refractivity contribution >= 4 is 45.0 Å². The van der Waals surface area contributed by atoms with Crippen molar-refractivity contribution in [3.8, 4) is 17.0 Å². The molecule has 0 saturated heterocycles. The van der Waals surface area contributed by atoms with Gasteiger partial charge >= 0.3 is 0 Å². The molecule has 0 aliphatic heterocycles. The van der Waals surface area contributed by atoms with Crippen molar-refractivity contribution in [3.63, 3.8) is 0 Å². The van der Waals surface area contributed by atoms with Crippen LogP contribution < -0.4 is 16.0 Å². The molecule has 3 aromatic heterocycles. The fourth-order valence-electron chi connectivity index (χ4n) is 6.41. The number of H-pyrrole nitrogens is 1. The second-order valence-electron chi connectivity index (χ2n) is 12.2. The average molecular weight is 615 g/mol. The molecule has 7 nitrogen and oxygen atoms in total. The van der Waals surface area contributed by atoms with Crippen LogP contribution in [0.5, 0.6) is 5.75 Å². The minimum absolute atomic E-state index is 0.0553. The van der Waals surface area contributed by atoms with Gasteiger partial charge in [0.15, 0.2) is 11.6 Å². The number of hydrogen-bond donors (Lipinski definition) is 4. The Morgan fingerprint density at radius 2 is 1.89 bits per heavy atom. The summed E-state index contributed by atoms with van der Waals surface area (Å²) in [6, 6.07) is 17.8. The van der Waals surface area contributed by atoms with Crippen LogP contribution in [0.25, 0.3) is 33.2 Å². The Hall–Kier alpha value is -3.72. The zero-order valence-electron chi connectivity index (χ0n) is 25.4. The number of aromatic hydroxyl groups is 1. The van der Waals surface area contributed by atoms with Crippen LogP contribution in [-0.2, 0) is 6.42 Å². The van der Waals surface area contributed by atoms with Crippen LogP contribution in [0, 0.1) is 11.7 Å². The number of aromatic amines is 1. The second kappa shape index (κ2) is 12.7. The highest BCUT2D eigenvalue weighted by molar-refractivity contribution is 6.32. The summed E-state index contributed by atoms with van der Waals surface area (Å²) in [5, 5.41) is 14.8. The highest BCUT2D eigenvalue weighted by Gasteiger charge is 2.31. The van der Waals surface area contributed by atoms with Gasteiger partial charge in [0.25, 0.3) is 0 Å². The molecule has 1 aliphatic rings. The quantitative estimate of drug-likeness (QED) is 0.135. The number of aryl methyl sites for hydroxylation is 1. The van der Waals surface area contributed by atoms with Gasteiger partial charge in [-0.15, -0.1) is 0 Å². The van der Waals surface area contributed by atoms with Crippen molar-refractivity contribution < 1.29 is 9.50 Å². The topological polar surface area (TPSA) is 103 Å². The summed E-state index contributed by atoms with van der Waals surface area (Å²) in [4.78, 5) is 15.9. The molecule has 9 heteroatoms. The summed E-state index contributed by atoms with van der Waals surface area (Å²) in [5.41, 5.74) is 12.1. The van der Waals surface area contributed by atoms with E-state index < -0.39 is 11.6 Å². The molecule has 0 amide bonds. The number of nitrogens with one attached hydrogen (secondary N) is 2. The molecule has 230 valence electrons. The summed E-state index contributed by atoms with van der Waals surface area (Å²) >= 11 is 6.13. The van der Waals surface area contributed by atoms with Crippen molar-refractivity contribution in [1.82, 2.24) is 20.3 Å². The summed E-state index contributed by atoms with van der Waals surface area (Å²) in [6.45, 7) is 7.35. The number of halogens is 2. The van der Waals surface area contributed by atoms with Gasteiger partial charge in [0.2, 0.25) is 0 Å². The van der Waals surface area contributed by atoms with E-state index in [4.69, 9.17) is 22.3 Å². The molecule has 5 N–H and O–H groups in total. The fourth-order valence-corrected chi connectivity index (χ4v) is 6.61. The van der Waals surface area contributed by atoms with Crippen molar-refractivity contribution in [2.45, 2.75) is 71.0 Å². The van der Waals surface area contributed by atoms with Gasteiger partial charge in [-0.1, -0.05) is 50.6 Å². The highest BCUT2D eigenvalue weighted by Crippen LogP contribution is 2.41. The third-order valence-electron chi connectivity index (χ3n) is 9.08. The van der Waals surface area contributed by atoms with Crippen LogP contribution in [-0.4, -0.2) is 44.7 Å². The lowest BCUT2D eigenvalue weighted by Gasteiger charge is -2.39. The maximum absolute atomic E-state index is 14.5. The number of benzene rings is 2. The first kappa shape index (κ1) is 30.3. The van der Waals surface area contributed by atoms with Crippen LogP contribution in [0.15, 0.2) is 60.8 Å². The second-order valence-corrected chi connectivity index (χ2v) is 12.6. The summed E-state index contributed by atoms with van der Waals surface area (Å²) < 4.78 is 14.5. The molecule has 5 aromatic rings. The lowest BCUT2D eigenvalue weighted by Crippen LogP contribution is -2.45. The van der Waals surface area contributed by atoms with Crippen LogP contribution in [0.1, 0.15) is 52.0 Å². The minimum atomic E-state index is -0.784. The van der Waals surface area contributed by atoms with E-state index in [1.165, 1.54) is 23.1 Å². The van der Waals surface area contributed by atoms with Crippen molar-refractivity contribution in [2.75, 3.05) is 11.4 Å². The molecule has 3 heterocycles. The molecule has 1 unspecified atom stereocenters. The Kier molecular flexibility index (Phi) is 8.76. The van der Waals surface area contributed by atoms with Gasteiger partial charge in [-0.2, -0.15) is 0 Å². The largest absolute Gasteiger partial charge is 0.504 e. The molecular formula is C35H40ClFN6O. The molecular weight excluding hydrogens is 575 g/mol. The minimum Gasteiger partial charge on any atom is -0.504 e. The van der Waals surface area contributed by atoms with E-state index in [2.05, 4.69) is 65.2 Å². The number of anilines is 2. The number of pyridine rings is 2. The third kappa shape index (κ3) is 5.86. The van der Waals surface area contributed by atoms with Crippen LogP contribution in [0.3, 0.4) is 0 Å². The van der Waals surface area contributed by atoms with E-state index in [1.807, 2.05) is 24.4 Å². The number of phenolic OH excluding ortho intramolecular Hbond substituents is 1. The molecule has 0 radical (unpaired) electrons. The van der Waals surface area contributed by atoms with Gasteiger partial charge < -0.3 is 26.0 Å². The van der Waals surface area contributed by atoms with Gasteiger partial charge in [0.05, 0.1) is 21.9 Å². The Morgan fingerprint density at radius 3 is 2.61 bits per heavy atom. The highest BCUT2D eigenvalue weighted by atomic mass is 35.5. The first-order chi connectivity index (χ1) is 21.2. The van der Waals surface area contributed by atoms with Crippen LogP contribution in [0.4, 0.5) is 15.9 Å². The first-order valence-corrected chi connectivity index (χ1v) is 15.9. The van der Waals surface area contributed by atoms with E-state index >= 15 is 0 Å². The molecule has 1 saturated carbocycles. The summed E-state index contributed by atoms with van der Waals surface area (Å²) in [6.07, 6.45) is 6.77. The van der Waals surface area contributed by atoms with Crippen LogP contribution in [0.2, 0.25) is 5.02 Å². The average Bonchev–Trinajstić information content (AvgIpc) is 3.40. The summed E-state index contributed by atoms with van der Waals surface area (Å²) in [7, 11) is 0. The van der Waals surface area contributed by atoms with Crippen molar-refractivity contribution in [3.05, 3.63) is 77.2 Å². The van der Waals surface area contributed by atoms with E-state index in [-0.39, 0.29) is 17.1 Å². The Balaban J connectivity index is 1.43. The molecule has 1 aliphatic carbocycles. The lowest BCUT2D eigenvalue weighted by atomic mass is 9.89. The number of phenols is 1. The van der Waals surface area contributed by atoms with E-state index in [9.17, 15) is 9.50 Å². The summed E-state index contributed by atoms with van der Waals surface area (Å²) in [5.74, 6) is 0.167. The van der Waals surface area contributed by atoms with E-state index in [0.29, 0.717) is 23.2 Å². The smallest absolute Gasteiger partial charge is 0.170 e. The Morgan fingerprint density at radius 1 is 1.11 bits per heavy atom. The molecule has 6 rings (SSSR count). The van der Waals surface area contributed by atoms with Gasteiger partial charge in [-0.3, -0.25) is 4.98 Å². The number of nitrogens with zero attached hydrogens (tertiary/aromatic N) is 3. The molecule has 1 atom stereocenters. The molecule has 0 bridgehead atoms. The maximum atomic E-state index is 14.5. The van der Waals surface area contributed by atoms with Crippen LogP contribution >= 0.6 is 11.6 Å². The monoisotopic (exact) mass is 614 g/mol. The third-order valence-corrected chi connectivity index (χ3v) is 9.37. The maximum Gasteiger partial charge on any atom is 0.170 e. The van der Waals surface area contributed by atoms with Gasteiger partial charge in [-0.25, -0.2) is 9.37 Å². The number of fused-ring (bicyclic) bond motifs is 2. The van der Waals surface area contributed by atoms with E-state index in [0.717, 1.165) is 66.7 Å². The zero-order valence-corrected chi connectivity index (χ0v) is 26.2. The number of para-hydroxylation sites is 1. The first-order valence-electron chi connectivity index (χ1n) is 15.6. The molecule has 44 heavy (non-hydrogen) atoms. The Labute approximate surface area is 262 Å². The van der Waals surface area contributed by atoms with Gasteiger partial charge in [-0.05, 0) is 74.4 Å². The lowest BCUT2D eigenvalue weighted by molar-refractivity contribution is 0.323. The number of aromatic nitrogens is 3. The molecule has 2 aromatic carbocycles. The van der Waals surface area contributed by atoms with Crippen molar-refractivity contribution in [1.29, 1.82) is 0 Å². The SMILES string of the molecule is CCc1c(N(c2ccnc3ccc(-c4cc(F)c(O)c(Cl)c4)nc23)C2CCC(NCC(N)C(C)C)CC2)[nH]c2ccccc12. The van der Waals surface area contributed by atoms with Crippen molar-refractivity contribution in [2.24, 2.45) is 11.7 Å². The predicted molar refractivity (Wildman–Crippen MR) is 178 cm³/mol. The van der Waals surface area contributed by atoms with Gasteiger partial charge in [0.1, 0.15) is 11.3 Å². The molecule has 1 fully saturated rings. The van der Waals surface area contributed by atoms with E-state index in [1.54, 1.807) is 0 Å². The Bertz CT molecular complexity index is 1760. The number of nitrogens with two attached hydrogens (primary N) is 1.